The molecule has 0 aliphatic heterocycles. The Kier molecular flexibility index (Phi) is 4.95. The second kappa shape index (κ2) is 7.68. The van der Waals surface area contributed by atoms with Crippen molar-refractivity contribution in [2.24, 2.45) is 0 Å². The molecule has 0 spiro atoms. The molecular weight excluding hydrogens is 328 g/mol. The Balaban J connectivity index is 1.52. The lowest BCUT2D eigenvalue weighted by Crippen LogP contribution is -2.23. The Bertz CT molecular complexity index is 908. The molecule has 1 saturated carbocycles. The van der Waals surface area contributed by atoms with Crippen molar-refractivity contribution in [2.45, 2.75) is 38.1 Å². The van der Waals surface area contributed by atoms with Crippen LogP contribution in [0.1, 0.15) is 38.1 Å². The quantitative estimate of drug-likeness (QED) is 0.659. The number of aromatic nitrogens is 1. The van der Waals surface area contributed by atoms with Crippen LogP contribution in [0.25, 0.3) is 11.1 Å². The van der Waals surface area contributed by atoms with Crippen molar-refractivity contribution < 1.29 is 9.15 Å². The van der Waals surface area contributed by atoms with Gasteiger partial charge in [-0.3, -0.25) is 4.57 Å². The van der Waals surface area contributed by atoms with Gasteiger partial charge < -0.3 is 14.5 Å². The van der Waals surface area contributed by atoms with Crippen molar-refractivity contribution in [3.63, 3.8) is 0 Å². The van der Waals surface area contributed by atoms with Crippen molar-refractivity contribution >= 4 is 16.8 Å². The van der Waals surface area contributed by atoms with E-state index in [1.807, 2.05) is 53.1 Å². The Morgan fingerprint density at radius 3 is 2.65 bits per heavy atom. The summed E-state index contributed by atoms with van der Waals surface area (Å²) in [6.07, 6.45) is 5.68. The fourth-order valence-corrected chi connectivity index (χ4v) is 3.77. The van der Waals surface area contributed by atoms with Crippen molar-refractivity contribution in [3.8, 4) is 5.75 Å². The summed E-state index contributed by atoms with van der Waals surface area (Å²) >= 11 is 0. The maximum atomic E-state index is 12.4. The summed E-state index contributed by atoms with van der Waals surface area (Å²) in [5, 5.41) is 3.41. The third-order valence-electron chi connectivity index (χ3n) is 5.00. The second-order valence-electron chi connectivity index (χ2n) is 6.77. The molecule has 0 amide bonds. The number of nitrogens with zero attached hydrogens (tertiary/aromatic N) is 1. The fourth-order valence-electron chi connectivity index (χ4n) is 3.77. The van der Waals surface area contributed by atoms with Crippen LogP contribution in [0.3, 0.4) is 0 Å². The van der Waals surface area contributed by atoms with E-state index in [1.165, 1.54) is 19.3 Å². The van der Waals surface area contributed by atoms with Crippen molar-refractivity contribution in [2.75, 3.05) is 18.5 Å². The number of oxazole rings is 1. The number of para-hydroxylation sites is 2. The minimum Gasteiger partial charge on any atom is -0.492 e. The number of rotatable bonds is 6. The van der Waals surface area contributed by atoms with Gasteiger partial charge in [-0.05, 0) is 37.1 Å². The summed E-state index contributed by atoms with van der Waals surface area (Å²) in [5.74, 6) is 0.608. The van der Waals surface area contributed by atoms with Crippen molar-refractivity contribution in [3.05, 3.63) is 59.1 Å². The van der Waals surface area contributed by atoms with Crippen LogP contribution in [-0.4, -0.2) is 17.7 Å². The molecule has 0 bridgehead atoms. The number of nitrogens with one attached hydrogen (secondary N) is 1. The number of ether oxygens (including phenoxy) is 1. The molecular formula is C21H24N2O3. The van der Waals surface area contributed by atoms with E-state index in [4.69, 9.17) is 9.15 Å². The lowest BCUT2D eigenvalue weighted by Gasteiger charge is -2.23. The number of benzene rings is 2. The average Bonchev–Trinajstić information content (AvgIpc) is 3.03. The van der Waals surface area contributed by atoms with Gasteiger partial charge >= 0.3 is 5.76 Å². The number of hydrogen-bond donors (Lipinski definition) is 1. The SMILES string of the molecule is O=c1oc2cccc(NCCOc3ccccc3)c2n1C1CCCCC1. The highest BCUT2D eigenvalue weighted by molar-refractivity contribution is 5.87. The largest absolute Gasteiger partial charge is 0.492 e. The van der Waals surface area contributed by atoms with Gasteiger partial charge in [-0.1, -0.05) is 43.5 Å². The van der Waals surface area contributed by atoms with Gasteiger partial charge in [-0.25, -0.2) is 4.79 Å². The van der Waals surface area contributed by atoms with Crippen molar-refractivity contribution in [1.82, 2.24) is 4.57 Å². The summed E-state index contributed by atoms with van der Waals surface area (Å²) in [6.45, 7) is 1.20. The first-order valence-corrected chi connectivity index (χ1v) is 9.39. The molecule has 2 aromatic carbocycles. The standard InChI is InChI=1S/C21H24N2O3/c24-21-23(16-8-3-1-4-9-16)20-18(12-7-13-19(20)26-21)22-14-15-25-17-10-5-2-6-11-17/h2,5-7,10-13,16,22H,1,3-4,8-9,14-15H2. The van der Waals surface area contributed by atoms with Gasteiger partial charge in [0.15, 0.2) is 5.58 Å². The third kappa shape index (κ3) is 3.47. The zero-order valence-electron chi connectivity index (χ0n) is 14.8. The molecule has 26 heavy (non-hydrogen) atoms. The van der Waals surface area contributed by atoms with Gasteiger partial charge in [0.25, 0.3) is 0 Å². The monoisotopic (exact) mass is 352 g/mol. The smallest absolute Gasteiger partial charge is 0.420 e. The van der Waals surface area contributed by atoms with E-state index < -0.39 is 0 Å². The summed E-state index contributed by atoms with van der Waals surface area (Å²) in [7, 11) is 0. The van der Waals surface area contributed by atoms with Gasteiger partial charge in [0.05, 0.1) is 5.69 Å². The molecule has 1 N–H and O–H groups in total. The summed E-state index contributed by atoms with van der Waals surface area (Å²) in [6, 6.07) is 15.8. The lowest BCUT2D eigenvalue weighted by molar-refractivity contribution is 0.332. The Hall–Kier alpha value is -2.69. The number of anilines is 1. The van der Waals surface area contributed by atoms with Crippen LogP contribution < -0.4 is 15.8 Å². The van der Waals surface area contributed by atoms with Crippen molar-refractivity contribution in [1.29, 1.82) is 0 Å². The summed E-state index contributed by atoms with van der Waals surface area (Å²) in [5.41, 5.74) is 2.45. The first-order valence-electron chi connectivity index (χ1n) is 9.39. The molecule has 3 aromatic rings. The first kappa shape index (κ1) is 16.8. The molecule has 1 aromatic heterocycles. The molecule has 0 saturated heterocycles. The van der Waals surface area contributed by atoms with E-state index in [0.29, 0.717) is 18.7 Å². The van der Waals surface area contributed by atoms with Crippen LogP contribution in [0, 0.1) is 0 Å². The van der Waals surface area contributed by atoms with Gasteiger partial charge in [0, 0.05) is 12.6 Å². The molecule has 0 radical (unpaired) electrons. The number of fused-ring (bicyclic) bond motifs is 1. The molecule has 4 rings (SSSR count). The van der Waals surface area contributed by atoms with Gasteiger partial charge in [-0.2, -0.15) is 0 Å². The maximum absolute atomic E-state index is 12.4. The molecule has 1 heterocycles. The summed E-state index contributed by atoms with van der Waals surface area (Å²) < 4.78 is 13.1. The van der Waals surface area contributed by atoms with Crippen LogP contribution in [-0.2, 0) is 0 Å². The number of hydrogen-bond acceptors (Lipinski definition) is 4. The second-order valence-corrected chi connectivity index (χ2v) is 6.77. The molecule has 1 aliphatic carbocycles. The Morgan fingerprint density at radius 2 is 1.85 bits per heavy atom. The normalized spacial score (nSPS) is 15.2. The fraction of sp³-hybridized carbons (Fsp3) is 0.381. The molecule has 136 valence electrons. The van der Waals surface area contributed by atoms with Crippen LogP contribution >= 0.6 is 0 Å². The van der Waals surface area contributed by atoms with Gasteiger partial charge in [0.2, 0.25) is 0 Å². The van der Waals surface area contributed by atoms with Crippen LogP contribution in [0.15, 0.2) is 57.7 Å². The Morgan fingerprint density at radius 1 is 1.04 bits per heavy atom. The van der Waals surface area contributed by atoms with E-state index in [1.54, 1.807) is 0 Å². The minimum atomic E-state index is -0.248. The van der Waals surface area contributed by atoms with E-state index in [9.17, 15) is 4.79 Å². The maximum Gasteiger partial charge on any atom is 0.420 e. The zero-order chi connectivity index (χ0) is 17.8. The molecule has 1 fully saturated rings. The third-order valence-corrected chi connectivity index (χ3v) is 5.00. The predicted octanol–water partition coefficient (Wildman–Crippen LogP) is 4.59. The van der Waals surface area contributed by atoms with Crippen LogP contribution in [0.5, 0.6) is 5.75 Å². The van der Waals surface area contributed by atoms with Gasteiger partial charge in [0.1, 0.15) is 17.9 Å². The van der Waals surface area contributed by atoms with Crippen LogP contribution in [0.4, 0.5) is 5.69 Å². The summed E-state index contributed by atoms with van der Waals surface area (Å²) in [4.78, 5) is 12.4. The van der Waals surface area contributed by atoms with Gasteiger partial charge in [-0.15, -0.1) is 0 Å². The highest BCUT2D eigenvalue weighted by atomic mass is 16.5. The molecule has 5 heteroatoms. The molecule has 0 unspecified atom stereocenters. The molecule has 0 atom stereocenters. The first-order chi connectivity index (χ1) is 12.8. The highest BCUT2D eigenvalue weighted by Gasteiger charge is 2.22. The average molecular weight is 352 g/mol. The minimum absolute atomic E-state index is 0.237. The predicted molar refractivity (Wildman–Crippen MR) is 103 cm³/mol. The Labute approximate surface area is 152 Å². The van der Waals surface area contributed by atoms with E-state index in [-0.39, 0.29) is 11.8 Å². The van der Waals surface area contributed by atoms with E-state index in [2.05, 4.69) is 5.32 Å². The van der Waals surface area contributed by atoms with Crippen LogP contribution in [0.2, 0.25) is 0 Å². The molecule has 1 aliphatic rings. The highest BCUT2D eigenvalue weighted by Crippen LogP contribution is 2.32. The zero-order valence-corrected chi connectivity index (χ0v) is 14.8. The lowest BCUT2D eigenvalue weighted by atomic mass is 9.95. The molecule has 5 nitrogen and oxygen atoms in total. The van der Waals surface area contributed by atoms with E-state index >= 15 is 0 Å². The van der Waals surface area contributed by atoms with E-state index in [0.717, 1.165) is 29.8 Å². The topological polar surface area (TPSA) is 56.4 Å².